The molecule has 2 N–H and O–H groups in total. The number of rotatable bonds is 8. The highest BCUT2D eigenvalue weighted by Crippen LogP contribution is 2.42. The second-order valence-corrected chi connectivity index (χ2v) is 10.6. The Morgan fingerprint density at radius 1 is 1.06 bits per heavy atom. The van der Waals surface area contributed by atoms with Crippen molar-refractivity contribution in [2.24, 2.45) is 0 Å². The van der Waals surface area contributed by atoms with Crippen molar-refractivity contribution in [1.29, 1.82) is 0 Å². The average Bonchev–Trinajstić information content (AvgIpc) is 3.55. The van der Waals surface area contributed by atoms with Crippen LogP contribution in [0, 0.1) is 6.92 Å². The minimum atomic E-state index is -0.458. The summed E-state index contributed by atoms with van der Waals surface area (Å²) in [7, 11) is 4.03. The average molecular weight is 520 g/mol. The topological polar surface area (TPSA) is 96.5 Å². The number of hydrogen-bond donors (Lipinski definition) is 2. The zero-order chi connectivity index (χ0) is 25.4. The zero-order valence-electron chi connectivity index (χ0n) is 20.3. The van der Waals surface area contributed by atoms with Crippen molar-refractivity contribution in [2.75, 3.05) is 32.6 Å². The van der Waals surface area contributed by atoms with Crippen molar-refractivity contribution in [1.82, 2.24) is 20.2 Å². The van der Waals surface area contributed by atoms with Crippen molar-refractivity contribution in [2.45, 2.75) is 13.8 Å². The molecule has 4 heterocycles. The molecule has 0 radical (unpaired) electrons. The zero-order valence-corrected chi connectivity index (χ0v) is 22.0. The molecular weight excluding hydrogens is 494 g/mol. The van der Waals surface area contributed by atoms with E-state index >= 15 is 0 Å². The number of benzene rings is 1. The third-order valence-corrected chi connectivity index (χ3v) is 7.97. The fraction of sp³-hybridized carbons (Fsp3) is 0.231. The predicted octanol–water partition coefficient (Wildman–Crippen LogP) is 4.68. The van der Waals surface area contributed by atoms with Gasteiger partial charge in [0.15, 0.2) is 5.82 Å². The molecule has 5 rings (SSSR count). The van der Waals surface area contributed by atoms with Gasteiger partial charge in [-0.1, -0.05) is 6.07 Å². The van der Waals surface area contributed by atoms with Gasteiger partial charge in [-0.2, -0.15) is 0 Å². The second-order valence-electron chi connectivity index (χ2n) is 8.69. The molecule has 0 fully saturated rings. The first-order chi connectivity index (χ1) is 17.3. The summed E-state index contributed by atoms with van der Waals surface area (Å²) in [6, 6.07) is 11.9. The maximum Gasteiger partial charge on any atom is 0.275 e. The lowest BCUT2D eigenvalue weighted by atomic mass is 10.1. The SMILES string of the molecule is CC1=C(Nc2nc(-c3cccs3)nc3sc(-c4ccc(OCCN(C)C)cc4)c(C)c23)C(=O)NC1=O. The van der Waals surface area contributed by atoms with Crippen molar-refractivity contribution in [3.63, 3.8) is 0 Å². The number of likely N-dealkylation sites (N-methyl/N-ethyl adjacent to an activating group) is 1. The number of nitrogens with zero attached hydrogens (tertiary/aromatic N) is 3. The van der Waals surface area contributed by atoms with Gasteiger partial charge in [-0.05, 0) is 74.8 Å². The first-order valence-electron chi connectivity index (χ1n) is 11.4. The minimum Gasteiger partial charge on any atom is -0.492 e. The molecule has 0 atom stereocenters. The Morgan fingerprint density at radius 3 is 2.47 bits per heavy atom. The van der Waals surface area contributed by atoms with Crippen molar-refractivity contribution in [3.8, 4) is 26.9 Å². The fourth-order valence-electron chi connectivity index (χ4n) is 3.88. The summed E-state index contributed by atoms with van der Waals surface area (Å²) in [6.07, 6.45) is 0. The number of aryl methyl sites for hydroxylation is 1. The lowest BCUT2D eigenvalue weighted by molar-refractivity contribution is -0.124. The van der Waals surface area contributed by atoms with E-state index in [0.717, 1.165) is 43.4 Å². The third-order valence-electron chi connectivity index (χ3n) is 5.87. The monoisotopic (exact) mass is 519 g/mol. The van der Waals surface area contributed by atoms with Gasteiger partial charge < -0.3 is 15.0 Å². The maximum atomic E-state index is 12.4. The van der Waals surface area contributed by atoms with Crippen LogP contribution in [0.2, 0.25) is 0 Å². The molecule has 184 valence electrons. The van der Waals surface area contributed by atoms with E-state index in [1.165, 1.54) is 0 Å². The molecule has 0 aliphatic carbocycles. The van der Waals surface area contributed by atoms with Gasteiger partial charge in [-0.3, -0.25) is 14.9 Å². The van der Waals surface area contributed by atoms with E-state index in [1.54, 1.807) is 29.6 Å². The number of fused-ring (bicyclic) bond motifs is 1. The van der Waals surface area contributed by atoms with E-state index < -0.39 is 11.8 Å². The number of anilines is 1. The molecule has 4 aromatic rings. The van der Waals surface area contributed by atoms with Crippen LogP contribution >= 0.6 is 22.7 Å². The molecule has 0 saturated carbocycles. The van der Waals surface area contributed by atoms with Crippen LogP contribution in [-0.2, 0) is 9.59 Å². The Bertz CT molecular complexity index is 1490. The van der Waals surface area contributed by atoms with Crippen LogP contribution in [0.15, 0.2) is 53.0 Å². The van der Waals surface area contributed by atoms with Gasteiger partial charge in [0.25, 0.3) is 11.8 Å². The summed E-state index contributed by atoms with van der Waals surface area (Å²) in [5, 5.41) is 8.28. The highest BCUT2D eigenvalue weighted by Gasteiger charge is 2.29. The number of carbonyl (C=O) groups excluding carboxylic acids is 2. The van der Waals surface area contributed by atoms with E-state index in [4.69, 9.17) is 14.7 Å². The van der Waals surface area contributed by atoms with Gasteiger partial charge in [-0.25, -0.2) is 9.97 Å². The molecule has 3 aromatic heterocycles. The molecule has 2 amide bonds. The first-order valence-corrected chi connectivity index (χ1v) is 13.1. The first kappa shape index (κ1) is 24.1. The van der Waals surface area contributed by atoms with Crippen molar-refractivity contribution < 1.29 is 14.3 Å². The molecule has 10 heteroatoms. The molecule has 0 spiro atoms. The number of thiophene rings is 2. The van der Waals surface area contributed by atoms with E-state index in [-0.39, 0.29) is 5.70 Å². The molecule has 0 unspecified atom stereocenters. The molecule has 1 aromatic carbocycles. The normalized spacial score (nSPS) is 13.7. The standard InChI is InChI=1S/C26H25N5O3S2/c1-14-19-23(27-20-15(2)24(32)30-25(20)33)28-22(18-6-5-13-35-18)29-26(19)36-21(14)16-7-9-17(10-8-16)34-12-11-31(3)4/h5-10,13H,11-12H2,1-4H3,(H2,27,28,29,30,32,33). The van der Waals surface area contributed by atoms with Crippen LogP contribution in [0.1, 0.15) is 12.5 Å². The number of hydrogen-bond acceptors (Lipinski definition) is 9. The highest BCUT2D eigenvalue weighted by molar-refractivity contribution is 7.22. The summed E-state index contributed by atoms with van der Waals surface area (Å²) in [6.45, 7) is 5.11. The maximum absolute atomic E-state index is 12.4. The minimum absolute atomic E-state index is 0.212. The number of ether oxygens (including phenoxy) is 1. The number of nitrogens with one attached hydrogen (secondary N) is 2. The van der Waals surface area contributed by atoms with Crippen molar-refractivity contribution >= 4 is 50.5 Å². The largest absolute Gasteiger partial charge is 0.492 e. The van der Waals surface area contributed by atoms with Gasteiger partial charge in [0.1, 0.15) is 28.7 Å². The van der Waals surface area contributed by atoms with Crippen LogP contribution in [-0.4, -0.2) is 53.9 Å². The Hall–Kier alpha value is -3.60. The lowest BCUT2D eigenvalue weighted by Crippen LogP contribution is -2.24. The molecule has 36 heavy (non-hydrogen) atoms. The molecule has 1 aliphatic rings. The Morgan fingerprint density at radius 2 is 1.83 bits per heavy atom. The van der Waals surface area contributed by atoms with Gasteiger partial charge >= 0.3 is 0 Å². The highest BCUT2D eigenvalue weighted by atomic mass is 32.1. The van der Waals surface area contributed by atoms with Crippen LogP contribution < -0.4 is 15.4 Å². The van der Waals surface area contributed by atoms with Gasteiger partial charge in [-0.15, -0.1) is 22.7 Å². The van der Waals surface area contributed by atoms with E-state index in [2.05, 4.69) is 15.5 Å². The summed E-state index contributed by atoms with van der Waals surface area (Å²) in [5.74, 6) is 1.04. The number of carbonyl (C=O) groups is 2. The number of imide groups is 1. The van der Waals surface area contributed by atoms with Gasteiger partial charge in [0.2, 0.25) is 0 Å². The summed E-state index contributed by atoms with van der Waals surface area (Å²) >= 11 is 3.12. The van der Waals surface area contributed by atoms with E-state index in [0.29, 0.717) is 23.8 Å². The summed E-state index contributed by atoms with van der Waals surface area (Å²) in [4.78, 5) is 38.9. The fourth-order valence-corrected chi connectivity index (χ4v) is 5.73. The molecule has 8 nitrogen and oxygen atoms in total. The lowest BCUT2D eigenvalue weighted by Gasteiger charge is -2.11. The number of aromatic nitrogens is 2. The van der Waals surface area contributed by atoms with E-state index in [9.17, 15) is 9.59 Å². The quantitative estimate of drug-likeness (QED) is 0.326. The van der Waals surface area contributed by atoms with Crippen LogP contribution in [0.5, 0.6) is 5.75 Å². The van der Waals surface area contributed by atoms with Gasteiger partial charge in [0.05, 0.1) is 10.3 Å². The molecule has 1 aliphatic heterocycles. The van der Waals surface area contributed by atoms with Crippen molar-refractivity contribution in [3.05, 3.63) is 58.6 Å². The van der Waals surface area contributed by atoms with E-state index in [1.807, 2.05) is 62.8 Å². The predicted molar refractivity (Wildman–Crippen MR) is 144 cm³/mol. The summed E-state index contributed by atoms with van der Waals surface area (Å²) in [5.41, 5.74) is 2.59. The van der Waals surface area contributed by atoms with Crippen LogP contribution in [0.25, 0.3) is 31.4 Å². The number of amides is 2. The molecular formula is C26H25N5O3S2. The summed E-state index contributed by atoms with van der Waals surface area (Å²) < 4.78 is 5.84. The Kier molecular flexibility index (Phi) is 6.57. The Balaban J connectivity index is 1.56. The molecule has 0 bridgehead atoms. The molecule has 0 saturated heterocycles. The third kappa shape index (κ3) is 4.62. The van der Waals surface area contributed by atoms with Gasteiger partial charge in [0, 0.05) is 17.0 Å². The van der Waals surface area contributed by atoms with Crippen LogP contribution in [0.3, 0.4) is 0 Å². The van der Waals surface area contributed by atoms with Crippen LogP contribution in [0.4, 0.5) is 5.82 Å². The Labute approximate surface area is 216 Å². The smallest absolute Gasteiger partial charge is 0.275 e. The second kappa shape index (κ2) is 9.81.